The number of isocyanates is 2. The molecule has 0 heterocycles. The van der Waals surface area contributed by atoms with Gasteiger partial charge in [0.05, 0.1) is 0 Å². The van der Waals surface area contributed by atoms with Crippen LogP contribution in [0.15, 0.2) is 0 Å². The second-order valence-corrected chi connectivity index (χ2v) is 0.183. The quantitative estimate of drug-likeness (QED) is 0.277. The van der Waals surface area contributed by atoms with Crippen molar-refractivity contribution < 1.29 is 9.59 Å². The first-order valence-electron chi connectivity index (χ1n) is 0.855. The van der Waals surface area contributed by atoms with Crippen molar-refractivity contribution >= 4 is 57.6 Å². The van der Waals surface area contributed by atoms with Gasteiger partial charge in [0.25, 0.3) is 0 Å². The molecule has 0 aromatic heterocycles. The van der Waals surface area contributed by atoms with E-state index in [2.05, 4.69) is 0 Å². The average molecular weight is 172 g/mol. The predicted octanol–water partition coefficient (Wildman–Crippen LogP) is -0.598. The van der Waals surface area contributed by atoms with Gasteiger partial charge in [0.15, 0.2) is 0 Å². The summed E-state index contributed by atoms with van der Waals surface area (Å²) < 4.78 is 0. The monoisotopic (exact) mass is 172 g/mol. The SMILES string of the molecule is [N-]=C=O.[N-]=C=O.[Sr+2]. The largest absolute Gasteiger partial charge is 2.00 e. The predicted molar refractivity (Wildman–Crippen MR) is 23.9 cm³/mol. The van der Waals surface area contributed by atoms with Crippen molar-refractivity contribution in [2.24, 2.45) is 0 Å². The Morgan fingerprint density at radius 2 is 1.00 bits per heavy atom. The van der Waals surface area contributed by atoms with Crippen LogP contribution in [0.2, 0.25) is 0 Å². The van der Waals surface area contributed by atoms with Crippen LogP contribution in [0.4, 0.5) is 0 Å². The third-order valence-electron chi connectivity index (χ3n) is 0. The molecular weight excluding hydrogens is 172 g/mol. The Morgan fingerprint density at radius 3 is 1.00 bits per heavy atom. The van der Waals surface area contributed by atoms with Crippen molar-refractivity contribution in [3.8, 4) is 0 Å². The molecule has 0 saturated carbocycles. The maximum Gasteiger partial charge on any atom is 2.00 e. The maximum absolute atomic E-state index is 8.24. The van der Waals surface area contributed by atoms with E-state index in [9.17, 15) is 0 Å². The third-order valence-corrected chi connectivity index (χ3v) is 0. The summed E-state index contributed by atoms with van der Waals surface area (Å²) in [5.41, 5.74) is 0. The van der Waals surface area contributed by atoms with Gasteiger partial charge in [-0.25, -0.2) is 0 Å². The van der Waals surface area contributed by atoms with Crippen LogP contribution in [0, 0.1) is 0 Å². The van der Waals surface area contributed by atoms with Gasteiger partial charge in [0.1, 0.15) is 0 Å². The van der Waals surface area contributed by atoms with Crippen LogP contribution in [0.25, 0.3) is 10.8 Å². The molecule has 0 aromatic carbocycles. The van der Waals surface area contributed by atoms with Gasteiger partial charge in [0, 0.05) is 0 Å². The molecule has 0 aliphatic rings. The number of nitrogens with zero attached hydrogens (tertiary/aromatic N) is 2. The summed E-state index contributed by atoms with van der Waals surface area (Å²) >= 11 is 0. The molecule has 0 bridgehead atoms. The molecule has 0 N–H and O–H groups in total. The molecule has 0 aromatic rings. The van der Waals surface area contributed by atoms with Crippen LogP contribution >= 0.6 is 0 Å². The smallest absolute Gasteiger partial charge is 0.724 e. The molecular formula is C2N2O2Sr. The van der Waals surface area contributed by atoms with Crippen molar-refractivity contribution in [2.45, 2.75) is 0 Å². The topological polar surface area (TPSA) is 78.7 Å². The molecule has 0 aliphatic carbocycles. The van der Waals surface area contributed by atoms with E-state index in [1.807, 2.05) is 0 Å². The molecule has 0 unspecified atom stereocenters. The van der Waals surface area contributed by atoms with Gasteiger partial charge in [-0.15, -0.1) is 0 Å². The van der Waals surface area contributed by atoms with Gasteiger partial charge in [-0.05, 0) is 12.2 Å². The first-order valence-corrected chi connectivity index (χ1v) is 0.855. The summed E-state index contributed by atoms with van der Waals surface area (Å²) in [4.78, 5) is 16.5. The standard InChI is InChI=1S/2CNO.Sr/c2*2-1-3;/q2*-1;+2. The van der Waals surface area contributed by atoms with Crippen LogP contribution in [0.1, 0.15) is 0 Å². The molecule has 5 heteroatoms. The summed E-state index contributed by atoms with van der Waals surface area (Å²) in [6.45, 7) is 0. The van der Waals surface area contributed by atoms with E-state index in [1.54, 1.807) is 0 Å². The molecule has 0 amide bonds. The van der Waals surface area contributed by atoms with Crippen LogP contribution in [-0.2, 0) is 9.59 Å². The van der Waals surface area contributed by atoms with E-state index in [-0.39, 0.29) is 45.5 Å². The zero-order chi connectivity index (χ0) is 5.41. The third kappa shape index (κ3) is 1940. The number of hydrogen-bond donors (Lipinski definition) is 0. The molecule has 0 spiro atoms. The Balaban J connectivity index is -0.0000000400. The second kappa shape index (κ2) is 34.1. The number of carbonyl (C=O) groups excluding carboxylic acids is 2. The van der Waals surface area contributed by atoms with E-state index in [4.69, 9.17) is 20.4 Å². The van der Waals surface area contributed by atoms with Crippen LogP contribution in [-0.4, -0.2) is 57.6 Å². The Bertz CT molecular complexity index is 67.7. The molecule has 0 saturated heterocycles. The first kappa shape index (κ1) is 15.7. The van der Waals surface area contributed by atoms with E-state index in [0.29, 0.717) is 12.2 Å². The first-order chi connectivity index (χ1) is 2.83. The molecule has 32 valence electrons. The molecule has 0 radical (unpaired) electrons. The van der Waals surface area contributed by atoms with Crippen LogP contribution in [0.3, 0.4) is 0 Å². The Hall–Kier alpha value is 0.241. The fourth-order valence-corrected chi connectivity index (χ4v) is 0. The minimum absolute atomic E-state index is 0. The Kier molecular flexibility index (Phi) is 76.5. The molecule has 4 nitrogen and oxygen atoms in total. The van der Waals surface area contributed by atoms with Crippen molar-refractivity contribution in [1.82, 2.24) is 0 Å². The molecule has 0 rings (SSSR count). The van der Waals surface area contributed by atoms with Crippen LogP contribution < -0.4 is 0 Å². The van der Waals surface area contributed by atoms with Gasteiger partial charge >= 0.3 is 45.5 Å². The fraction of sp³-hybridized carbons (Fsp3) is 0. The Morgan fingerprint density at radius 1 is 1.00 bits per heavy atom. The fourth-order valence-electron chi connectivity index (χ4n) is 0. The van der Waals surface area contributed by atoms with Crippen LogP contribution in [0.5, 0.6) is 0 Å². The maximum atomic E-state index is 8.24. The number of hydrogen-bond acceptors (Lipinski definition) is 2. The van der Waals surface area contributed by atoms with E-state index in [0.717, 1.165) is 0 Å². The summed E-state index contributed by atoms with van der Waals surface area (Å²) in [5, 5.41) is 13.5. The summed E-state index contributed by atoms with van der Waals surface area (Å²) in [6, 6.07) is 0. The Labute approximate surface area is 77.2 Å². The molecule has 0 aliphatic heterocycles. The minimum Gasteiger partial charge on any atom is -0.724 e. The summed E-state index contributed by atoms with van der Waals surface area (Å²) in [6.07, 6.45) is 1.00. The van der Waals surface area contributed by atoms with Crippen molar-refractivity contribution in [3.05, 3.63) is 10.8 Å². The van der Waals surface area contributed by atoms with Crippen molar-refractivity contribution in [1.29, 1.82) is 0 Å². The van der Waals surface area contributed by atoms with Crippen molar-refractivity contribution in [2.75, 3.05) is 0 Å². The van der Waals surface area contributed by atoms with Gasteiger partial charge < -0.3 is 10.8 Å². The molecule has 0 fully saturated rings. The molecule has 7 heavy (non-hydrogen) atoms. The van der Waals surface area contributed by atoms with E-state index in [1.165, 1.54) is 0 Å². The van der Waals surface area contributed by atoms with Gasteiger partial charge in [-0.1, -0.05) is 0 Å². The zero-order valence-corrected chi connectivity index (χ0v) is 6.89. The number of rotatable bonds is 0. The summed E-state index contributed by atoms with van der Waals surface area (Å²) in [5.74, 6) is 0. The van der Waals surface area contributed by atoms with E-state index < -0.39 is 0 Å². The van der Waals surface area contributed by atoms with E-state index >= 15 is 0 Å². The second-order valence-electron chi connectivity index (χ2n) is 0.183. The zero-order valence-electron chi connectivity index (χ0n) is 3.42. The van der Waals surface area contributed by atoms with Gasteiger partial charge in [-0.2, -0.15) is 0 Å². The average Bonchev–Trinajstić information content (AvgIpc) is 1.39. The molecule has 0 atom stereocenters. The van der Waals surface area contributed by atoms with Gasteiger partial charge in [0.2, 0.25) is 0 Å². The normalized spacial score (nSPS) is 2.29. The van der Waals surface area contributed by atoms with Gasteiger partial charge in [-0.3, -0.25) is 9.59 Å². The van der Waals surface area contributed by atoms with Crippen molar-refractivity contribution in [3.63, 3.8) is 0 Å². The minimum atomic E-state index is 0. The summed E-state index contributed by atoms with van der Waals surface area (Å²) in [7, 11) is 0.